The molecule has 1 unspecified atom stereocenters. The first-order valence-corrected chi connectivity index (χ1v) is 6.08. The Balaban J connectivity index is 1.97. The van der Waals surface area contributed by atoms with E-state index in [1.54, 1.807) is 0 Å². The number of aryl methyl sites for hydroxylation is 1. The summed E-state index contributed by atoms with van der Waals surface area (Å²) in [4.78, 5) is 16.0. The summed E-state index contributed by atoms with van der Waals surface area (Å²) >= 11 is 1.82. The number of amides is 2. The van der Waals surface area contributed by atoms with Crippen molar-refractivity contribution in [1.29, 1.82) is 0 Å². The van der Waals surface area contributed by atoms with Crippen LogP contribution in [0.3, 0.4) is 0 Å². The summed E-state index contributed by atoms with van der Waals surface area (Å²) in [5.41, 5.74) is 0. The number of hydrogen-bond donors (Lipinski definition) is 1. The lowest BCUT2D eigenvalue weighted by molar-refractivity contribution is 0.202. The second-order valence-electron chi connectivity index (χ2n) is 3.99. The van der Waals surface area contributed by atoms with Crippen molar-refractivity contribution in [2.75, 3.05) is 13.1 Å². The summed E-state index contributed by atoms with van der Waals surface area (Å²) in [5.74, 6) is 0. The molecule has 0 radical (unpaired) electrons. The van der Waals surface area contributed by atoms with Crippen LogP contribution < -0.4 is 5.32 Å². The molecule has 1 aliphatic rings. The third kappa shape index (κ3) is 2.31. The zero-order chi connectivity index (χ0) is 10.8. The Bertz CT molecular complexity index is 361. The lowest BCUT2D eigenvalue weighted by Crippen LogP contribution is -2.37. The van der Waals surface area contributed by atoms with Gasteiger partial charge in [0.15, 0.2) is 0 Å². The topological polar surface area (TPSA) is 32.3 Å². The molecule has 0 saturated carbocycles. The van der Waals surface area contributed by atoms with Crippen molar-refractivity contribution in [1.82, 2.24) is 10.2 Å². The van der Waals surface area contributed by atoms with Gasteiger partial charge in [0.25, 0.3) is 0 Å². The lowest BCUT2D eigenvalue weighted by Gasteiger charge is -2.22. The molecule has 0 aromatic carbocycles. The van der Waals surface area contributed by atoms with Gasteiger partial charge in [-0.15, -0.1) is 11.3 Å². The van der Waals surface area contributed by atoms with E-state index in [2.05, 4.69) is 31.3 Å². The van der Waals surface area contributed by atoms with Gasteiger partial charge >= 0.3 is 6.03 Å². The summed E-state index contributed by atoms with van der Waals surface area (Å²) in [7, 11) is 0. The molecule has 2 rings (SSSR count). The molecule has 1 aromatic heterocycles. The first kappa shape index (κ1) is 10.5. The molecule has 1 aliphatic heterocycles. The van der Waals surface area contributed by atoms with Crippen molar-refractivity contribution < 1.29 is 4.79 Å². The molecule has 0 bridgehead atoms. The van der Waals surface area contributed by atoms with Gasteiger partial charge in [-0.2, -0.15) is 0 Å². The summed E-state index contributed by atoms with van der Waals surface area (Å²) in [5, 5.41) is 2.83. The molecular weight excluding hydrogens is 208 g/mol. The van der Waals surface area contributed by atoms with E-state index >= 15 is 0 Å². The summed E-state index contributed by atoms with van der Waals surface area (Å²) < 4.78 is 0. The highest BCUT2D eigenvalue weighted by Crippen LogP contribution is 2.19. The average Bonchev–Trinajstić information content (AvgIpc) is 2.75. The molecule has 4 heteroatoms. The van der Waals surface area contributed by atoms with Crippen LogP contribution in [-0.2, 0) is 6.42 Å². The second-order valence-corrected chi connectivity index (χ2v) is 5.36. The van der Waals surface area contributed by atoms with Crippen LogP contribution in [0.5, 0.6) is 0 Å². The Morgan fingerprint density at radius 2 is 2.40 bits per heavy atom. The van der Waals surface area contributed by atoms with E-state index in [9.17, 15) is 4.79 Å². The van der Waals surface area contributed by atoms with Gasteiger partial charge in [-0.3, -0.25) is 0 Å². The maximum atomic E-state index is 11.4. The van der Waals surface area contributed by atoms with E-state index in [1.165, 1.54) is 9.75 Å². The number of carbonyl (C=O) groups is 1. The van der Waals surface area contributed by atoms with E-state index in [4.69, 9.17) is 0 Å². The van der Waals surface area contributed by atoms with E-state index in [0.717, 1.165) is 19.5 Å². The van der Waals surface area contributed by atoms with Gasteiger partial charge in [0.2, 0.25) is 0 Å². The quantitative estimate of drug-likeness (QED) is 0.837. The highest BCUT2D eigenvalue weighted by atomic mass is 32.1. The number of rotatable bonds is 3. The molecule has 0 spiro atoms. The third-order valence-electron chi connectivity index (χ3n) is 2.71. The monoisotopic (exact) mass is 224 g/mol. The first-order valence-electron chi connectivity index (χ1n) is 5.26. The molecule has 82 valence electrons. The van der Waals surface area contributed by atoms with Crippen LogP contribution in [0.15, 0.2) is 12.1 Å². The molecule has 1 atom stereocenters. The molecule has 2 heterocycles. The van der Waals surface area contributed by atoms with Gasteiger partial charge < -0.3 is 10.2 Å². The number of thiophene rings is 1. The fraction of sp³-hybridized carbons (Fsp3) is 0.545. The molecule has 1 N–H and O–H groups in total. The van der Waals surface area contributed by atoms with Crippen LogP contribution in [0.4, 0.5) is 4.79 Å². The molecule has 3 nitrogen and oxygen atoms in total. The summed E-state index contributed by atoms with van der Waals surface area (Å²) in [6, 6.07) is 4.67. The van der Waals surface area contributed by atoms with Gasteiger partial charge in [0.05, 0.1) is 0 Å². The second kappa shape index (κ2) is 4.23. The zero-order valence-corrected chi connectivity index (χ0v) is 9.93. The van der Waals surface area contributed by atoms with Crippen LogP contribution in [0, 0.1) is 6.92 Å². The predicted molar refractivity (Wildman–Crippen MR) is 62.3 cm³/mol. The number of carbonyl (C=O) groups excluding carboxylic acids is 1. The maximum absolute atomic E-state index is 11.4. The van der Waals surface area contributed by atoms with E-state index < -0.39 is 0 Å². The average molecular weight is 224 g/mol. The fourth-order valence-corrected chi connectivity index (χ4v) is 2.91. The van der Waals surface area contributed by atoms with Crippen molar-refractivity contribution in [2.45, 2.75) is 26.3 Å². The maximum Gasteiger partial charge on any atom is 0.317 e. The van der Waals surface area contributed by atoms with Crippen LogP contribution in [0.1, 0.15) is 16.7 Å². The number of hydrogen-bond acceptors (Lipinski definition) is 2. The molecular formula is C11H16N2OS. The van der Waals surface area contributed by atoms with Gasteiger partial charge in [0.1, 0.15) is 0 Å². The normalized spacial score (nSPS) is 18.0. The minimum atomic E-state index is 0.0794. The van der Waals surface area contributed by atoms with Crippen molar-refractivity contribution in [3.63, 3.8) is 0 Å². The minimum absolute atomic E-state index is 0.0794. The standard InChI is InChI=1S/C11H16N2OS/c1-8(13-6-5-12-11(13)14)7-10-4-3-9(2)15-10/h3-4,8H,5-7H2,1-2H3,(H,12,14). The molecule has 2 amide bonds. The molecule has 0 aliphatic carbocycles. The highest BCUT2D eigenvalue weighted by Gasteiger charge is 2.24. The third-order valence-corrected chi connectivity index (χ3v) is 3.74. The number of urea groups is 1. The molecule has 1 aromatic rings. The number of nitrogens with one attached hydrogen (secondary N) is 1. The van der Waals surface area contributed by atoms with Crippen LogP contribution in [0.25, 0.3) is 0 Å². The predicted octanol–water partition coefficient (Wildman–Crippen LogP) is 2.01. The van der Waals surface area contributed by atoms with Gasteiger partial charge in [-0.1, -0.05) is 0 Å². The van der Waals surface area contributed by atoms with Crippen molar-refractivity contribution in [2.24, 2.45) is 0 Å². The van der Waals surface area contributed by atoms with Gasteiger partial charge in [0, 0.05) is 35.3 Å². The lowest BCUT2D eigenvalue weighted by atomic mass is 10.2. The van der Waals surface area contributed by atoms with E-state index in [-0.39, 0.29) is 6.03 Å². The fourth-order valence-electron chi connectivity index (χ4n) is 1.90. The largest absolute Gasteiger partial charge is 0.336 e. The Kier molecular flexibility index (Phi) is 2.95. The highest BCUT2D eigenvalue weighted by molar-refractivity contribution is 7.11. The molecule has 1 fully saturated rings. The Labute approximate surface area is 94.1 Å². The van der Waals surface area contributed by atoms with E-state index in [0.29, 0.717) is 6.04 Å². The Morgan fingerprint density at radius 3 is 2.93 bits per heavy atom. The van der Waals surface area contributed by atoms with Gasteiger partial charge in [-0.05, 0) is 26.0 Å². The van der Waals surface area contributed by atoms with Crippen molar-refractivity contribution in [3.05, 3.63) is 21.9 Å². The molecule has 1 saturated heterocycles. The molecule has 15 heavy (non-hydrogen) atoms. The van der Waals surface area contributed by atoms with Crippen molar-refractivity contribution >= 4 is 17.4 Å². The van der Waals surface area contributed by atoms with Crippen LogP contribution in [-0.4, -0.2) is 30.1 Å². The first-order chi connectivity index (χ1) is 7.16. The SMILES string of the molecule is Cc1ccc(CC(C)N2CCNC2=O)s1. The van der Waals surface area contributed by atoms with E-state index in [1.807, 2.05) is 16.2 Å². The smallest absolute Gasteiger partial charge is 0.317 e. The van der Waals surface area contributed by atoms with Gasteiger partial charge in [-0.25, -0.2) is 4.79 Å². The van der Waals surface area contributed by atoms with Crippen LogP contribution >= 0.6 is 11.3 Å². The summed E-state index contributed by atoms with van der Waals surface area (Å²) in [6.07, 6.45) is 0.964. The van der Waals surface area contributed by atoms with Crippen LogP contribution in [0.2, 0.25) is 0 Å². The summed E-state index contributed by atoms with van der Waals surface area (Å²) in [6.45, 7) is 5.85. The Hall–Kier alpha value is -1.03. The number of nitrogens with zero attached hydrogens (tertiary/aromatic N) is 1. The Morgan fingerprint density at radius 1 is 1.60 bits per heavy atom. The minimum Gasteiger partial charge on any atom is -0.336 e. The zero-order valence-electron chi connectivity index (χ0n) is 9.12. The van der Waals surface area contributed by atoms with Crippen molar-refractivity contribution in [3.8, 4) is 0 Å².